The highest BCUT2D eigenvalue weighted by atomic mass is 16.7. The van der Waals surface area contributed by atoms with E-state index in [-0.39, 0.29) is 12.2 Å². The lowest BCUT2D eigenvalue weighted by Gasteiger charge is -2.25. The van der Waals surface area contributed by atoms with Crippen LogP contribution >= 0.6 is 0 Å². The molecule has 0 amide bonds. The summed E-state index contributed by atoms with van der Waals surface area (Å²) in [7, 11) is 1.32. The molecule has 3 rings (SSSR count). The summed E-state index contributed by atoms with van der Waals surface area (Å²) in [5, 5.41) is 1.52. The fraction of sp³-hybridized carbons (Fsp3) is 0.263. The van der Waals surface area contributed by atoms with E-state index in [1.165, 1.54) is 12.2 Å². The molecule has 5 heteroatoms. The van der Waals surface area contributed by atoms with E-state index in [9.17, 15) is 9.59 Å². The smallest absolute Gasteiger partial charge is 0.340 e. The first-order valence-corrected chi connectivity index (χ1v) is 7.76. The Hall–Kier alpha value is -2.66. The number of ether oxygens (including phenoxy) is 1. The summed E-state index contributed by atoms with van der Waals surface area (Å²) < 4.78 is 4.85. The normalized spacial score (nSPS) is 23.1. The maximum Gasteiger partial charge on any atom is 0.340 e. The molecule has 0 saturated carbocycles. The van der Waals surface area contributed by atoms with Crippen LogP contribution in [-0.2, 0) is 14.4 Å². The zero-order chi connectivity index (χ0) is 17.2. The molecule has 0 bridgehead atoms. The number of benzene rings is 2. The molecule has 1 aliphatic rings. The standard InChI is InChI=1S/C19H19NO4/c1-19(18(22)23-2)13-16(17(21)14-9-5-3-6-10-14)20(24-19)15-11-7-4-8-12-15/h3-12,16H,13H2,1-2H3/t16-,19-/m0/s1. The Bertz CT molecular complexity index is 732. The lowest BCUT2D eigenvalue weighted by molar-refractivity contribution is -0.163. The van der Waals surface area contributed by atoms with Crippen molar-refractivity contribution >= 4 is 17.4 Å². The molecule has 0 N–H and O–H groups in total. The number of hydrogen-bond donors (Lipinski definition) is 0. The van der Waals surface area contributed by atoms with Crippen LogP contribution in [0.1, 0.15) is 23.7 Å². The second-order valence-electron chi connectivity index (χ2n) is 5.93. The average molecular weight is 325 g/mol. The quantitative estimate of drug-likeness (QED) is 0.639. The second kappa shape index (κ2) is 6.45. The number of Topliss-reactive ketones (excluding diaryl/α,β-unsaturated/α-hetero) is 1. The Morgan fingerprint density at radius 3 is 2.25 bits per heavy atom. The molecule has 1 saturated heterocycles. The lowest BCUT2D eigenvalue weighted by Crippen LogP contribution is -2.37. The van der Waals surface area contributed by atoms with E-state index in [0.717, 1.165) is 5.69 Å². The highest BCUT2D eigenvalue weighted by Gasteiger charge is 2.51. The molecule has 2 atom stereocenters. The van der Waals surface area contributed by atoms with E-state index in [1.54, 1.807) is 19.1 Å². The van der Waals surface area contributed by atoms with Crippen LogP contribution in [0, 0.1) is 0 Å². The number of ketones is 1. The molecule has 0 aromatic heterocycles. The number of rotatable bonds is 4. The number of methoxy groups -OCH3 is 1. The van der Waals surface area contributed by atoms with Gasteiger partial charge in [0.05, 0.1) is 12.8 Å². The first-order chi connectivity index (χ1) is 11.5. The Morgan fingerprint density at radius 2 is 1.67 bits per heavy atom. The van der Waals surface area contributed by atoms with E-state index in [2.05, 4.69) is 0 Å². The average Bonchev–Trinajstić information content (AvgIpc) is 3.01. The molecule has 1 aliphatic heterocycles. The molecule has 24 heavy (non-hydrogen) atoms. The highest BCUT2D eigenvalue weighted by molar-refractivity contribution is 6.02. The number of hydroxylamine groups is 1. The summed E-state index contributed by atoms with van der Waals surface area (Å²) in [6.45, 7) is 1.65. The molecule has 1 fully saturated rings. The van der Waals surface area contributed by atoms with Gasteiger partial charge in [-0.05, 0) is 19.1 Å². The molecular weight excluding hydrogens is 306 g/mol. The van der Waals surface area contributed by atoms with Crippen molar-refractivity contribution < 1.29 is 19.2 Å². The van der Waals surface area contributed by atoms with Crippen LogP contribution in [0.4, 0.5) is 5.69 Å². The largest absolute Gasteiger partial charge is 0.467 e. The monoisotopic (exact) mass is 325 g/mol. The number of anilines is 1. The number of carbonyl (C=O) groups excluding carboxylic acids is 2. The van der Waals surface area contributed by atoms with Gasteiger partial charge in [0.2, 0.25) is 0 Å². The number of nitrogens with zero attached hydrogens (tertiary/aromatic N) is 1. The third-order valence-electron chi connectivity index (χ3n) is 4.15. The first-order valence-electron chi connectivity index (χ1n) is 7.76. The van der Waals surface area contributed by atoms with Crippen molar-refractivity contribution in [3.8, 4) is 0 Å². The van der Waals surface area contributed by atoms with E-state index in [1.807, 2.05) is 48.5 Å². The van der Waals surface area contributed by atoms with Crippen molar-refractivity contribution in [1.82, 2.24) is 0 Å². The Labute approximate surface area is 140 Å². The minimum atomic E-state index is -1.19. The van der Waals surface area contributed by atoms with Crippen LogP contribution in [0.3, 0.4) is 0 Å². The summed E-state index contributed by atoms with van der Waals surface area (Å²) in [6, 6.07) is 17.7. The minimum Gasteiger partial charge on any atom is -0.467 e. The van der Waals surface area contributed by atoms with Crippen molar-refractivity contribution in [2.24, 2.45) is 0 Å². The van der Waals surface area contributed by atoms with E-state index in [0.29, 0.717) is 5.56 Å². The number of esters is 1. The van der Waals surface area contributed by atoms with Gasteiger partial charge in [0.25, 0.3) is 0 Å². The van der Waals surface area contributed by atoms with Crippen molar-refractivity contribution in [1.29, 1.82) is 0 Å². The predicted molar refractivity (Wildman–Crippen MR) is 89.6 cm³/mol. The van der Waals surface area contributed by atoms with Crippen molar-refractivity contribution in [3.05, 3.63) is 66.2 Å². The maximum atomic E-state index is 13.0. The Morgan fingerprint density at radius 1 is 1.08 bits per heavy atom. The van der Waals surface area contributed by atoms with Gasteiger partial charge in [0, 0.05) is 12.0 Å². The summed E-state index contributed by atoms with van der Waals surface area (Å²) in [5.74, 6) is -0.584. The molecule has 2 aromatic rings. The molecule has 0 radical (unpaired) electrons. The molecule has 124 valence electrons. The second-order valence-corrected chi connectivity index (χ2v) is 5.93. The summed E-state index contributed by atoms with van der Waals surface area (Å²) in [5.41, 5.74) is 0.111. The van der Waals surface area contributed by atoms with Crippen molar-refractivity contribution in [2.75, 3.05) is 12.2 Å². The van der Waals surface area contributed by atoms with Gasteiger partial charge < -0.3 is 4.74 Å². The number of para-hydroxylation sites is 1. The molecular formula is C19H19NO4. The van der Waals surface area contributed by atoms with Gasteiger partial charge in [-0.25, -0.2) is 9.86 Å². The van der Waals surface area contributed by atoms with Crippen LogP contribution in [0.15, 0.2) is 60.7 Å². The third kappa shape index (κ3) is 2.90. The zero-order valence-corrected chi connectivity index (χ0v) is 13.6. The molecule has 5 nitrogen and oxygen atoms in total. The van der Waals surface area contributed by atoms with Crippen molar-refractivity contribution in [3.63, 3.8) is 0 Å². The van der Waals surface area contributed by atoms with E-state index >= 15 is 0 Å². The molecule has 0 aliphatic carbocycles. The number of hydrogen-bond acceptors (Lipinski definition) is 5. The fourth-order valence-electron chi connectivity index (χ4n) is 2.91. The topological polar surface area (TPSA) is 55.8 Å². The van der Waals surface area contributed by atoms with Crippen LogP contribution < -0.4 is 5.06 Å². The van der Waals surface area contributed by atoms with Gasteiger partial charge in [-0.1, -0.05) is 48.5 Å². The molecule has 2 aromatic carbocycles. The van der Waals surface area contributed by atoms with Crippen molar-refractivity contribution in [2.45, 2.75) is 25.0 Å². The van der Waals surface area contributed by atoms with Gasteiger partial charge in [0.1, 0.15) is 6.04 Å². The third-order valence-corrected chi connectivity index (χ3v) is 4.15. The minimum absolute atomic E-state index is 0.0907. The lowest BCUT2D eigenvalue weighted by atomic mass is 9.93. The molecule has 1 heterocycles. The maximum absolute atomic E-state index is 13.0. The SMILES string of the molecule is COC(=O)[C@]1(C)C[C@@H](C(=O)c2ccccc2)N(c2ccccc2)O1. The van der Waals surface area contributed by atoms with Crippen LogP contribution in [-0.4, -0.2) is 30.5 Å². The fourth-order valence-corrected chi connectivity index (χ4v) is 2.91. The highest BCUT2D eigenvalue weighted by Crippen LogP contribution is 2.36. The molecule has 0 unspecified atom stereocenters. The number of carbonyl (C=O) groups is 2. The van der Waals surface area contributed by atoms with Gasteiger partial charge in [-0.2, -0.15) is 0 Å². The van der Waals surface area contributed by atoms with E-state index in [4.69, 9.17) is 9.57 Å². The Kier molecular flexibility index (Phi) is 4.36. The summed E-state index contributed by atoms with van der Waals surface area (Å²) >= 11 is 0. The van der Waals surface area contributed by atoms with Crippen LogP contribution in [0.2, 0.25) is 0 Å². The molecule has 0 spiro atoms. The predicted octanol–water partition coefficient (Wildman–Crippen LogP) is 3.01. The first kappa shape index (κ1) is 16.2. The van der Waals surface area contributed by atoms with E-state index < -0.39 is 17.6 Å². The van der Waals surface area contributed by atoms with Crippen LogP contribution in [0.5, 0.6) is 0 Å². The van der Waals surface area contributed by atoms with Gasteiger partial charge in [-0.15, -0.1) is 0 Å². The van der Waals surface area contributed by atoms with Gasteiger partial charge >= 0.3 is 5.97 Å². The Balaban J connectivity index is 1.97. The van der Waals surface area contributed by atoms with Gasteiger partial charge in [-0.3, -0.25) is 9.63 Å². The van der Waals surface area contributed by atoms with Gasteiger partial charge in [0.15, 0.2) is 11.4 Å². The summed E-state index contributed by atoms with van der Waals surface area (Å²) in [4.78, 5) is 31.0. The zero-order valence-electron chi connectivity index (χ0n) is 13.6. The van der Waals surface area contributed by atoms with Crippen LogP contribution in [0.25, 0.3) is 0 Å². The summed E-state index contributed by atoms with van der Waals surface area (Å²) in [6.07, 6.45) is 0.224.